The summed E-state index contributed by atoms with van der Waals surface area (Å²) in [6.07, 6.45) is 5.55. The van der Waals surface area contributed by atoms with Crippen LogP contribution in [0.5, 0.6) is 5.88 Å². The Kier molecular flexibility index (Phi) is 6.37. The topological polar surface area (TPSA) is 136 Å². The molecule has 1 aliphatic carbocycles. The normalized spacial score (nSPS) is 27.1. The smallest absolute Gasteiger partial charge is 0.362 e. The lowest BCUT2D eigenvalue weighted by Crippen LogP contribution is -2.37. The number of amides is 1. The summed E-state index contributed by atoms with van der Waals surface area (Å²) in [6.45, 7) is 5.30. The summed E-state index contributed by atoms with van der Waals surface area (Å²) in [5, 5.41) is 22.2. The number of aromatic nitrogens is 2. The second-order valence-electron chi connectivity index (χ2n) is 6.93. The Morgan fingerprint density at radius 2 is 2.26 bits per heavy atom. The Labute approximate surface area is 157 Å². The Morgan fingerprint density at radius 1 is 1.59 bits per heavy atom. The molecule has 1 fully saturated rings. The van der Waals surface area contributed by atoms with Crippen molar-refractivity contribution < 1.29 is 19.4 Å². The van der Waals surface area contributed by atoms with E-state index in [2.05, 4.69) is 20.6 Å². The van der Waals surface area contributed by atoms with Gasteiger partial charge in [-0.25, -0.2) is 9.37 Å². The third kappa shape index (κ3) is 5.65. The van der Waals surface area contributed by atoms with Gasteiger partial charge in [0.15, 0.2) is 0 Å². The molecule has 3 rings (SSSR count). The molecule has 27 heavy (non-hydrogen) atoms. The first kappa shape index (κ1) is 20.6. The molecule has 2 heterocycles. The molecule has 1 amide bonds. The highest BCUT2D eigenvalue weighted by Gasteiger charge is 2.55. The number of carbonyl (C=O) groups excluding carboxylic acids is 1. The molecule has 9 heteroatoms. The molecule has 7 N–H and O–H groups in total. The zero-order valence-electron chi connectivity index (χ0n) is 15.7. The number of nitrogens with one attached hydrogen (secondary N) is 2. The van der Waals surface area contributed by atoms with E-state index in [0.717, 1.165) is 17.7 Å². The molecule has 0 radical (unpaired) electrons. The van der Waals surface area contributed by atoms with Crippen molar-refractivity contribution in [2.45, 2.75) is 51.4 Å². The number of carbonyl (C=O) groups is 1. The van der Waals surface area contributed by atoms with Crippen molar-refractivity contribution in [2.75, 3.05) is 5.32 Å². The van der Waals surface area contributed by atoms with Gasteiger partial charge < -0.3 is 26.6 Å². The number of rotatable bonds is 4. The van der Waals surface area contributed by atoms with Gasteiger partial charge in [-0.1, -0.05) is 13.0 Å². The summed E-state index contributed by atoms with van der Waals surface area (Å²) in [5.74, 6) is -0.735. The molecule has 1 aliphatic heterocycles. The molecule has 4 unspecified atom stereocenters. The lowest BCUT2D eigenvalue weighted by atomic mass is 10.0. The van der Waals surface area contributed by atoms with E-state index in [9.17, 15) is 14.3 Å². The second kappa shape index (κ2) is 8.34. The predicted octanol–water partition coefficient (Wildman–Crippen LogP) is 1.08. The Hall–Kier alpha value is -2.68. The van der Waals surface area contributed by atoms with Gasteiger partial charge in [0.1, 0.15) is 17.8 Å². The quantitative estimate of drug-likeness (QED) is 0.577. The zero-order valence-corrected chi connectivity index (χ0v) is 15.7. The van der Waals surface area contributed by atoms with Crippen molar-refractivity contribution in [1.82, 2.24) is 15.3 Å². The summed E-state index contributed by atoms with van der Waals surface area (Å²) >= 11 is 0. The van der Waals surface area contributed by atoms with Gasteiger partial charge in [0.2, 0.25) is 5.91 Å². The fraction of sp³-hybridized carbons (Fsp3) is 0.500. The van der Waals surface area contributed by atoms with Gasteiger partial charge in [-0.3, -0.25) is 4.79 Å². The maximum Gasteiger partial charge on any atom is 0.362 e. The fourth-order valence-corrected chi connectivity index (χ4v) is 2.53. The van der Waals surface area contributed by atoms with Crippen LogP contribution in [0.4, 0.5) is 10.2 Å². The van der Waals surface area contributed by atoms with Crippen molar-refractivity contribution in [1.29, 1.82) is 0 Å². The summed E-state index contributed by atoms with van der Waals surface area (Å²) in [7, 11) is 0. The lowest BCUT2D eigenvalue weighted by Gasteiger charge is -2.23. The zero-order chi connectivity index (χ0) is 20.2. The number of aliphatic hydroxyl groups excluding tert-OH is 1. The van der Waals surface area contributed by atoms with Crippen LogP contribution in [0.1, 0.15) is 33.6 Å². The van der Waals surface area contributed by atoms with Crippen LogP contribution >= 0.6 is 0 Å². The first-order valence-corrected chi connectivity index (χ1v) is 8.76. The van der Waals surface area contributed by atoms with E-state index in [1.807, 2.05) is 19.9 Å². The Bertz CT molecular complexity index is 750. The highest BCUT2D eigenvalue weighted by Crippen LogP contribution is 2.47. The van der Waals surface area contributed by atoms with Crippen LogP contribution < -0.4 is 16.4 Å². The van der Waals surface area contributed by atoms with E-state index in [-0.39, 0.29) is 30.3 Å². The number of dihydropyridines is 1. The third-order valence-corrected chi connectivity index (χ3v) is 4.55. The van der Waals surface area contributed by atoms with Crippen molar-refractivity contribution in [3.63, 3.8) is 0 Å². The summed E-state index contributed by atoms with van der Waals surface area (Å²) in [4.78, 5) is 18.7. The third-order valence-electron chi connectivity index (χ3n) is 4.55. The highest BCUT2D eigenvalue weighted by molar-refractivity contribution is 5.94. The molecule has 8 nitrogen and oxygen atoms in total. The first-order valence-electron chi connectivity index (χ1n) is 8.76. The Balaban J connectivity index is 0.000000199. The SMILES string of the molecule is CC1(F)CC1C(=O)Nc1cc([OH2+])ncn1.CCC(O)C1C=C(C)C(N)=CN1. The van der Waals surface area contributed by atoms with E-state index in [4.69, 9.17) is 10.8 Å². The number of aliphatic hydroxyl groups is 1. The van der Waals surface area contributed by atoms with E-state index in [1.54, 1.807) is 6.20 Å². The molecule has 1 aromatic rings. The van der Waals surface area contributed by atoms with Crippen LogP contribution in [-0.4, -0.2) is 43.9 Å². The van der Waals surface area contributed by atoms with Crippen LogP contribution in [-0.2, 0) is 4.79 Å². The standard InChI is InChI=1S/C9H10FN3O2.C9H16N2O/c1-9(10)3-5(9)8(15)13-6-2-7(14)12-4-11-6;1-3-9(12)8-4-6(2)7(10)5-11-8/h2,4-5H,3H2,1H3,(H2,11,12,13,14,15);4-5,8-9,11-12H,3,10H2,1-2H3/p+1. The Morgan fingerprint density at radius 3 is 2.78 bits per heavy atom. The van der Waals surface area contributed by atoms with Gasteiger partial charge in [-0.15, -0.1) is 0 Å². The van der Waals surface area contributed by atoms with Crippen LogP contribution in [0.25, 0.3) is 0 Å². The summed E-state index contributed by atoms with van der Waals surface area (Å²) < 4.78 is 13.2. The second-order valence-corrected chi connectivity index (χ2v) is 6.93. The number of nitrogens with two attached hydrogens (primary N) is 1. The van der Waals surface area contributed by atoms with E-state index < -0.39 is 17.5 Å². The van der Waals surface area contributed by atoms with Gasteiger partial charge in [-0.05, 0) is 32.3 Å². The molecule has 148 valence electrons. The maximum atomic E-state index is 13.2. The molecule has 1 saturated carbocycles. The molecule has 4 atom stereocenters. The number of anilines is 1. The van der Waals surface area contributed by atoms with E-state index >= 15 is 0 Å². The number of alkyl halides is 1. The van der Waals surface area contributed by atoms with Gasteiger partial charge in [-0.2, -0.15) is 4.98 Å². The van der Waals surface area contributed by atoms with E-state index in [0.29, 0.717) is 0 Å². The largest absolute Gasteiger partial charge is 0.579 e. The molecule has 0 bridgehead atoms. The van der Waals surface area contributed by atoms with Gasteiger partial charge in [0, 0.05) is 6.20 Å². The molecule has 0 saturated heterocycles. The highest BCUT2D eigenvalue weighted by atomic mass is 19.1. The van der Waals surface area contributed by atoms with Crippen molar-refractivity contribution in [3.8, 4) is 5.88 Å². The summed E-state index contributed by atoms with van der Waals surface area (Å²) in [5.41, 5.74) is 6.02. The van der Waals surface area contributed by atoms with Crippen LogP contribution in [0.3, 0.4) is 0 Å². The number of hydrogen-bond donors (Lipinski definition) is 4. The van der Waals surface area contributed by atoms with Crippen molar-refractivity contribution >= 4 is 11.7 Å². The minimum Gasteiger partial charge on any atom is -0.579 e. The molecule has 0 aromatic carbocycles. The number of hydrogen-bond acceptors (Lipinski definition) is 6. The molecular formula is C18H27FN5O3+. The van der Waals surface area contributed by atoms with Gasteiger partial charge in [0.05, 0.1) is 29.8 Å². The van der Waals surface area contributed by atoms with Crippen LogP contribution in [0, 0.1) is 5.92 Å². The van der Waals surface area contributed by atoms with Crippen LogP contribution in [0.2, 0.25) is 0 Å². The average molecular weight is 380 g/mol. The molecule has 2 aliphatic rings. The molecular weight excluding hydrogens is 353 g/mol. The fourth-order valence-electron chi connectivity index (χ4n) is 2.53. The van der Waals surface area contributed by atoms with Gasteiger partial charge in [0.25, 0.3) is 0 Å². The van der Waals surface area contributed by atoms with Gasteiger partial charge >= 0.3 is 5.88 Å². The maximum absolute atomic E-state index is 13.2. The average Bonchev–Trinajstić information content (AvgIpc) is 3.26. The van der Waals surface area contributed by atoms with E-state index in [1.165, 1.54) is 19.3 Å². The lowest BCUT2D eigenvalue weighted by molar-refractivity contribution is -0.118. The van der Waals surface area contributed by atoms with Crippen LogP contribution in [0.15, 0.2) is 35.9 Å². The number of halogens is 1. The first-order chi connectivity index (χ1) is 12.6. The van der Waals surface area contributed by atoms with Crippen molar-refractivity contribution in [3.05, 3.63) is 35.9 Å². The summed E-state index contributed by atoms with van der Waals surface area (Å²) in [6, 6.07) is 1.33. The monoisotopic (exact) mass is 380 g/mol. The minimum absolute atomic E-state index is 0.0131. The molecule has 1 aromatic heterocycles. The predicted molar refractivity (Wildman–Crippen MR) is 101 cm³/mol. The number of nitrogens with zero attached hydrogens (tertiary/aromatic N) is 2. The minimum atomic E-state index is -1.39. The van der Waals surface area contributed by atoms with Crippen molar-refractivity contribution in [2.24, 2.45) is 11.7 Å². The molecule has 0 spiro atoms. The number of allylic oxidation sites excluding steroid dienone is 1.